The van der Waals surface area contributed by atoms with Crippen molar-refractivity contribution in [2.45, 2.75) is 45.8 Å². The van der Waals surface area contributed by atoms with Crippen LogP contribution < -0.4 is 5.32 Å². The number of likely N-dealkylation sites (N-methyl/N-ethyl adjacent to an activating group) is 1. The zero-order chi connectivity index (χ0) is 14.3. The Bertz CT molecular complexity index is 384. The van der Waals surface area contributed by atoms with Gasteiger partial charge in [0.15, 0.2) is 0 Å². The molecule has 0 radical (unpaired) electrons. The second-order valence-corrected chi connectivity index (χ2v) is 4.51. The van der Waals surface area contributed by atoms with E-state index in [9.17, 15) is 8.78 Å². The third-order valence-electron chi connectivity index (χ3n) is 3.15. The second kappa shape index (κ2) is 8.23. The summed E-state index contributed by atoms with van der Waals surface area (Å²) in [5.41, 5.74) is 0.519. The molecule has 0 amide bonds. The van der Waals surface area contributed by atoms with Crippen LogP contribution in [-0.2, 0) is 11.2 Å². The molecule has 0 aliphatic carbocycles. The van der Waals surface area contributed by atoms with Crippen LogP contribution in [0.1, 0.15) is 32.8 Å². The first-order chi connectivity index (χ1) is 9.12. The fourth-order valence-electron chi connectivity index (χ4n) is 2.25. The minimum Gasteiger partial charge on any atom is -0.377 e. The molecule has 19 heavy (non-hydrogen) atoms. The lowest BCUT2D eigenvalue weighted by atomic mass is 9.99. The van der Waals surface area contributed by atoms with Crippen molar-refractivity contribution in [3.8, 4) is 0 Å². The molecule has 0 fully saturated rings. The van der Waals surface area contributed by atoms with Gasteiger partial charge in [0.05, 0.1) is 6.10 Å². The molecule has 0 heterocycles. The van der Waals surface area contributed by atoms with Crippen LogP contribution in [-0.4, -0.2) is 25.3 Å². The number of rotatable bonds is 8. The minimum absolute atomic E-state index is 0.0365. The summed E-state index contributed by atoms with van der Waals surface area (Å²) in [6, 6.07) is 3.77. The van der Waals surface area contributed by atoms with Crippen molar-refractivity contribution >= 4 is 0 Å². The zero-order valence-electron chi connectivity index (χ0n) is 11.9. The Morgan fingerprint density at radius 3 is 2.47 bits per heavy atom. The smallest absolute Gasteiger partial charge is 0.129 e. The molecule has 0 spiro atoms. The zero-order valence-corrected chi connectivity index (χ0v) is 11.9. The molecule has 2 atom stereocenters. The molecule has 0 aliphatic rings. The maximum absolute atomic E-state index is 13.7. The molecule has 0 saturated carbocycles. The van der Waals surface area contributed by atoms with Gasteiger partial charge in [-0.15, -0.1) is 0 Å². The van der Waals surface area contributed by atoms with E-state index in [1.54, 1.807) is 0 Å². The molecule has 1 N–H and O–H groups in total. The van der Waals surface area contributed by atoms with E-state index in [4.69, 9.17) is 4.74 Å². The SMILES string of the molecule is CCNC(Cc1ccc(F)cc1F)C(CC)OCC. The van der Waals surface area contributed by atoms with Crippen molar-refractivity contribution in [1.29, 1.82) is 0 Å². The van der Waals surface area contributed by atoms with E-state index in [0.29, 0.717) is 18.6 Å². The molecule has 1 aromatic carbocycles. The lowest BCUT2D eigenvalue weighted by Crippen LogP contribution is -2.43. The van der Waals surface area contributed by atoms with Gasteiger partial charge in [-0.1, -0.05) is 19.9 Å². The van der Waals surface area contributed by atoms with E-state index in [1.807, 2.05) is 20.8 Å². The van der Waals surface area contributed by atoms with Gasteiger partial charge < -0.3 is 10.1 Å². The molecule has 1 rings (SSSR count). The molecule has 1 aromatic rings. The number of nitrogens with one attached hydrogen (secondary N) is 1. The third-order valence-corrected chi connectivity index (χ3v) is 3.15. The Hall–Kier alpha value is -1.00. The van der Waals surface area contributed by atoms with Crippen LogP contribution in [0.15, 0.2) is 18.2 Å². The average molecular weight is 271 g/mol. The van der Waals surface area contributed by atoms with Crippen LogP contribution in [0.25, 0.3) is 0 Å². The van der Waals surface area contributed by atoms with Crippen molar-refractivity contribution in [1.82, 2.24) is 5.32 Å². The molecular formula is C15H23F2NO. The first-order valence-corrected chi connectivity index (χ1v) is 6.91. The van der Waals surface area contributed by atoms with E-state index in [-0.39, 0.29) is 12.1 Å². The Kier molecular flexibility index (Phi) is 6.95. The average Bonchev–Trinajstić information content (AvgIpc) is 2.38. The van der Waals surface area contributed by atoms with Gasteiger partial charge >= 0.3 is 0 Å². The summed E-state index contributed by atoms with van der Waals surface area (Å²) < 4.78 is 32.3. The Labute approximate surface area is 114 Å². The van der Waals surface area contributed by atoms with Crippen LogP contribution in [0.5, 0.6) is 0 Å². The largest absolute Gasteiger partial charge is 0.377 e. The third kappa shape index (κ3) is 4.88. The molecular weight excluding hydrogens is 248 g/mol. The van der Waals surface area contributed by atoms with Gasteiger partial charge in [0, 0.05) is 18.7 Å². The second-order valence-electron chi connectivity index (χ2n) is 4.51. The van der Waals surface area contributed by atoms with E-state index in [2.05, 4.69) is 5.32 Å². The maximum atomic E-state index is 13.7. The van der Waals surface area contributed by atoms with E-state index >= 15 is 0 Å². The first-order valence-electron chi connectivity index (χ1n) is 6.91. The fourth-order valence-corrected chi connectivity index (χ4v) is 2.25. The standard InChI is InChI=1S/C15H23F2NO/c1-4-15(19-6-3)14(18-5-2)9-11-7-8-12(16)10-13(11)17/h7-8,10,14-15,18H,4-6,9H2,1-3H3. The fraction of sp³-hybridized carbons (Fsp3) is 0.600. The van der Waals surface area contributed by atoms with E-state index in [1.165, 1.54) is 12.1 Å². The van der Waals surface area contributed by atoms with Crippen molar-refractivity contribution in [3.05, 3.63) is 35.4 Å². The Balaban J connectivity index is 2.81. The highest BCUT2D eigenvalue weighted by molar-refractivity contribution is 5.20. The Morgan fingerprint density at radius 1 is 1.21 bits per heavy atom. The molecule has 2 unspecified atom stereocenters. The quantitative estimate of drug-likeness (QED) is 0.783. The summed E-state index contributed by atoms with van der Waals surface area (Å²) in [7, 11) is 0. The normalized spacial score (nSPS) is 14.4. The number of hydrogen-bond acceptors (Lipinski definition) is 2. The molecule has 0 aliphatic heterocycles. The van der Waals surface area contributed by atoms with Gasteiger partial charge in [-0.25, -0.2) is 8.78 Å². The summed E-state index contributed by atoms with van der Waals surface area (Å²) in [5, 5.41) is 3.32. The number of halogens is 2. The minimum atomic E-state index is -0.543. The van der Waals surface area contributed by atoms with Gasteiger partial charge in [0.1, 0.15) is 11.6 Å². The van der Waals surface area contributed by atoms with E-state index < -0.39 is 11.6 Å². The van der Waals surface area contributed by atoms with Gasteiger partial charge in [0.2, 0.25) is 0 Å². The van der Waals surface area contributed by atoms with Gasteiger partial charge in [0.25, 0.3) is 0 Å². The summed E-state index contributed by atoms with van der Waals surface area (Å²) in [6.45, 7) is 7.42. The highest BCUT2D eigenvalue weighted by Crippen LogP contribution is 2.15. The van der Waals surface area contributed by atoms with Gasteiger partial charge in [-0.05, 0) is 37.9 Å². The van der Waals surface area contributed by atoms with Crippen molar-refractivity contribution < 1.29 is 13.5 Å². The van der Waals surface area contributed by atoms with Gasteiger partial charge in [-0.2, -0.15) is 0 Å². The molecule has 4 heteroatoms. The molecule has 0 saturated heterocycles. The van der Waals surface area contributed by atoms with Gasteiger partial charge in [-0.3, -0.25) is 0 Å². The van der Waals surface area contributed by atoms with Crippen molar-refractivity contribution in [3.63, 3.8) is 0 Å². The maximum Gasteiger partial charge on any atom is 0.129 e. The van der Waals surface area contributed by atoms with Crippen molar-refractivity contribution in [2.75, 3.05) is 13.2 Å². The summed E-state index contributed by atoms with van der Waals surface area (Å²) >= 11 is 0. The monoisotopic (exact) mass is 271 g/mol. The van der Waals surface area contributed by atoms with Crippen LogP contribution in [0.4, 0.5) is 8.78 Å². The summed E-state index contributed by atoms with van der Waals surface area (Å²) in [5.74, 6) is -1.03. The lowest BCUT2D eigenvalue weighted by molar-refractivity contribution is 0.0321. The first kappa shape index (κ1) is 16.1. The highest BCUT2D eigenvalue weighted by Gasteiger charge is 2.21. The van der Waals surface area contributed by atoms with Crippen LogP contribution in [0, 0.1) is 11.6 Å². The molecule has 108 valence electrons. The molecule has 0 aromatic heterocycles. The van der Waals surface area contributed by atoms with Crippen LogP contribution in [0.3, 0.4) is 0 Å². The summed E-state index contributed by atoms with van der Waals surface area (Å²) in [4.78, 5) is 0. The molecule has 0 bridgehead atoms. The lowest BCUT2D eigenvalue weighted by Gasteiger charge is -2.27. The predicted molar refractivity (Wildman–Crippen MR) is 73.2 cm³/mol. The topological polar surface area (TPSA) is 21.3 Å². The number of hydrogen-bond donors (Lipinski definition) is 1. The van der Waals surface area contributed by atoms with E-state index in [0.717, 1.165) is 19.0 Å². The summed E-state index contributed by atoms with van der Waals surface area (Å²) in [6.07, 6.45) is 1.39. The van der Waals surface area contributed by atoms with Crippen molar-refractivity contribution in [2.24, 2.45) is 0 Å². The highest BCUT2D eigenvalue weighted by atomic mass is 19.1. The number of benzene rings is 1. The predicted octanol–water partition coefficient (Wildman–Crippen LogP) is 3.30. The van der Waals surface area contributed by atoms with Crippen LogP contribution >= 0.6 is 0 Å². The van der Waals surface area contributed by atoms with Crippen LogP contribution in [0.2, 0.25) is 0 Å². The molecule has 2 nitrogen and oxygen atoms in total. The Morgan fingerprint density at radius 2 is 1.95 bits per heavy atom. The number of ether oxygens (including phenoxy) is 1.